The normalized spacial score (nSPS) is 22.2. The molecule has 2 aliphatic rings. The third kappa shape index (κ3) is 9.42. The van der Waals surface area contributed by atoms with Crippen LogP contribution in [-0.2, 0) is 9.47 Å². The molecule has 1 saturated heterocycles. The maximum atomic E-state index is 5.67. The summed E-state index contributed by atoms with van der Waals surface area (Å²) in [7, 11) is 1.84. The zero-order valence-electron chi connectivity index (χ0n) is 15.2. The molecular weight excluding hydrogens is 417 g/mol. The molecule has 24 heavy (non-hydrogen) atoms. The van der Waals surface area contributed by atoms with Crippen LogP contribution in [0.4, 0.5) is 0 Å². The van der Waals surface area contributed by atoms with E-state index in [2.05, 4.69) is 15.6 Å². The van der Waals surface area contributed by atoms with Crippen LogP contribution >= 0.6 is 24.0 Å². The molecule has 0 aromatic carbocycles. The number of nitrogens with one attached hydrogen (secondary N) is 2. The van der Waals surface area contributed by atoms with E-state index in [9.17, 15) is 0 Å². The third-order valence-corrected chi connectivity index (χ3v) is 4.88. The second kappa shape index (κ2) is 14.1. The molecule has 1 atom stereocenters. The van der Waals surface area contributed by atoms with Crippen molar-refractivity contribution in [2.75, 3.05) is 40.0 Å². The van der Waals surface area contributed by atoms with Gasteiger partial charge in [-0.2, -0.15) is 0 Å². The lowest BCUT2D eigenvalue weighted by Crippen LogP contribution is -2.39. The number of hydrogen-bond acceptors (Lipinski definition) is 3. The molecule has 6 heteroatoms. The molecule has 1 aliphatic heterocycles. The van der Waals surface area contributed by atoms with Gasteiger partial charge in [0, 0.05) is 33.4 Å². The van der Waals surface area contributed by atoms with Crippen molar-refractivity contribution in [3.63, 3.8) is 0 Å². The first kappa shape index (κ1) is 22.0. The van der Waals surface area contributed by atoms with Gasteiger partial charge in [-0.05, 0) is 31.6 Å². The Morgan fingerprint density at radius 3 is 2.58 bits per heavy atom. The van der Waals surface area contributed by atoms with Crippen molar-refractivity contribution >= 4 is 29.9 Å². The first-order valence-electron chi connectivity index (χ1n) is 9.52. The molecule has 1 heterocycles. The van der Waals surface area contributed by atoms with Crippen molar-refractivity contribution in [2.24, 2.45) is 10.9 Å². The minimum Gasteiger partial charge on any atom is -0.379 e. The summed E-state index contributed by atoms with van der Waals surface area (Å²) in [4.78, 5) is 4.29. The van der Waals surface area contributed by atoms with Crippen LogP contribution in [0.5, 0.6) is 0 Å². The standard InChI is InChI=1S/C18H35N3O2.HI/c1-19-18(21-12-10-16-7-3-2-4-8-16)20-11-6-13-22-15-17-9-5-14-23-17;/h16-17H,2-15H2,1H3,(H2,19,20,21);1H. The summed E-state index contributed by atoms with van der Waals surface area (Å²) in [5, 5.41) is 6.79. The Morgan fingerprint density at radius 2 is 1.88 bits per heavy atom. The van der Waals surface area contributed by atoms with E-state index in [0.29, 0.717) is 6.10 Å². The van der Waals surface area contributed by atoms with E-state index >= 15 is 0 Å². The van der Waals surface area contributed by atoms with Crippen LogP contribution < -0.4 is 10.6 Å². The zero-order chi connectivity index (χ0) is 16.2. The van der Waals surface area contributed by atoms with Gasteiger partial charge in [0.15, 0.2) is 5.96 Å². The van der Waals surface area contributed by atoms with Gasteiger partial charge in [0.1, 0.15) is 0 Å². The molecule has 0 bridgehead atoms. The molecule has 0 aromatic rings. The van der Waals surface area contributed by atoms with Crippen LogP contribution in [0, 0.1) is 5.92 Å². The second-order valence-electron chi connectivity index (χ2n) is 6.78. The van der Waals surface area contributed by atoms with Gasteiger partial charge in [0.05, 0.1) is 12.7 Å². The Bertz CT molecular complexity index is 330. The van der Waals surface area contributed by atoms with Crippen LogP contribution in [0.2, 0.25) is 0 Å². The van der Waals surface area contributed by atoms with Gasteiger partial charge in [-0.15, -0.1) is 24.0 Å². The average molecular weight is 453 g/mol. The minimum absolute atomic E-state index is 0. The van der Waals surface area contributed by atoms with Gasteiger partial charge in [-0.1, -0.05) is 32.1 Å². The molecule has 0 amide bonds. The molecule has 0 spiro atoms. The fourth-order valence-electron chi connectivity index (χ4n) is 3.46. The van der Waals surface area contributed by atoms with E-state index < -0.39 is 0 Å². The fourth-order valence-corrected chi connectivity index (χ4v) is 3.46. The Kier molecular flexibility index (Phi) is 12.9. The SMILES string of the molecule is CN=C(NCCCOCC1CCCO1)NCCC1CCCCC1.I. The topological polar surface area (TPSA) is 54.9 Å². The molecule has 2 fully saturated rings. The minimum atomic E-state index is 0. The van der Waals surface area contributed by atoms with Gasteiger partial charge >= 0.3 is 0 Å². The van der Waals surface area contributed by atoms with Gasteiger partial charge in [0.2, 0.25) is 0 Å². The number of aliphatic imine (C=N–C) groups is 1. The Balaban J connectivity index is 0.00000288. The molecule has 2 rings (SSSR count). The highest BCUT2D eigenvalue weighted by Crippen LogP contribution is 2.25. The van der Waals surface area contributed by atoms with Crippen molar-refractivity contribution in [1.29, 1.82) is 0 Å². The lowest BCUT2D eigenvalue weighted by molar-refractivity contribution is 0.0168. The van der Waals surface area contributed by atoms with E-state index in [1.165, 1.54) is 44.9 Å². The number of halogens is 1. The summed E-state index contributed by atoms with van der Waals surface area (Å²) >= 11 is 0. The summed E-state index contributed by atoms with van der Waals surface area (Å²) in [5.41, 5.74) is 0. The van der Waals surface area contributed by atoms with Crippen LogP contribution in [0.3, 0.4) is 0 Å². The Hall–Kier alpha value is -0.0800. The molecule has 142 valence electrons. The highest BCUT2D eigenvalue weighted by atomic mass is 127. The van der Waals surface area contributed by atoms with Crippen molar-refractivity contribution in [3.05, 3.63) is 0 Å². The van der Waals surface area contributed by atoms with Gasteiger partial charge in [0.25, 0.3) is 0 Å². The number of guanidine groups is 1. The van der Waals surface area contributed by atoms with Crippen molar-refractivity contribution in [1.82, 2.24) is 10.6 Å². The summed E-state index contributed by atoms with van der Waals surface area (Å²) in [6.45, 7) is 4.35. The lowest BCUT2D eigenvalue weighted by Gasteiger charge is -2.22. The number of rotatable bonds is 9. The molecule has 1 saturated carbocycles. The van der Waals surface area contributed by atoms with Crippen LogP contribution in [0.15, 0.2) is 4.99 Å². The van der Waals surface area contributed by atoms with E-state index in [1.54, 1.807) is 0 Å². The van der Waals surface area contributed by atoms with Crippen molar-refractivity contribution < 1.29 is 9.47 Å². The molecule has 1 aliphatic carbocycles. The van der Waals surface area contributed by atoms with Crippen LogP contribution in [0.1, 0.15) is 57.8 Å². The van der Waals surface area contributed by atoms with Crippen LogP contribution in [-0.4, -0.2) is 52.0 Å². The highest BCUT2D eigenvalue weighted by Gasteiger charge is 2.15. The van der Waals surface area contributed by atoms with Gasteiger partial charge < -0.3 is 20.1 Å². The van der Waals surface area contributed by atoms with E-state index in [-0.39, 0.29) is 24.0 Å². The quantitative estimate of drug-likeness (QED) is 0.244. The molecule has 1 unspecified atom stereocenters. The predicted molar refractivity (Wildman–Crippen MR) is 110 cm³/mol. The maximum Gasteiger partial charge on any atom is 0.190 e. The number of hydrogen-bond donors (Lipinski definition) is 2. The summed E-state index contributed by atoms with van der Waals surface area (Å²) in [6.07, 6.45) is 12.0. The molecule has 5 nitrogen and oxygen atoms in total. The molecular formula is C18H36IN3O2. The van der Waals surface area contributed by atoms with Gasteiger partial charge in [-0.25, -0.2) is 0 Å². The maximum absolute atomic E-state index is 5.67. The number of ether oxygens (including phenoxy) is 2. The van der Waals surface area contributed by atoms with E-state index in [4.69, 9.17) is 9.47 Å². The van der Waals surface area contributed by atoms with E-state index in [1.807, 2.05) is 7.05 Å². The van der Waals surface area contributed by atoms with E-state index in [0.717, 1.165) is 57.6 Å². The molecule has 0 aromatic heterocycles. The molecule has 0 radical (unpaired) electrons. The smallest absolute Gasteiger partial charge is 0.190 e. The summed E-state index contributed by atoms with van der Waals surface area (Å²) in [5.74, 6) is 1.83. The average Bonchev–Trinajstić information content (AvgIpc) is 3.10. The fraction of sp³-hybridized carbons (Fsp3) is 0.944. The van der Waals surface area contributed by atoms with Crippen molar-refractivity contribution in [2.45, 2.75) is 63.9 Å². The lowest BCUT2D eigenvalue weighted by atomic mass is 9.87. The second-order valence-corrected chi connectivity index (χ2v) is 6.78. The number of nitrogens with zero attached hydrogens (tertiary/aromatic N) is 1. The monoisotopic (exact) mass is 453 g/mol. The summed E-state index contributed by atoms with van der Waals surface area (Å²) in [6, 6.07) is 0. The first-order valence-corrected chi connectivity index (χ1v) is 9.52. The predicted octanol–water partition coefficient (Wildman–Crippen LogP) is 3.33. The largest absolute Gasteiger partial charge is 0.379 e. The van der Waals surface area contributed by atoms with Gasteiger partial charge in [-0.3, -0.25) is 4.99 Å². The summed E-state index contributed by atoms with van der Waals surface area (Å²) < 4.78 is 11.2. The van der Waals surface area contributed by atoms with Crippen LogP contribution in [0.25, 0.3) is 0 Å². The van der Waals surface area contributed by atoms with Crippen molar-refractivity contribution in [3.8, 4) is 0 Å². The first-order chi connectivity index (χ1) is 11.4. The third-order valence-electron chi connectivity index (χ3n) is 4.88. The zero-order valence-corrected chi connectivity index (χ0v) is 17.6. The Morgan fingerprint density at radius 1 is 1.08 bits per heavy atom. The Labute approximate surface area is 164 Å². The highest BCUT2D eigenvalue weighted by molar-refractivity contribution is 14.0. The molecule has 2 N–H and O–H groups in total.